The van der Waals surface area contributed by atoms with Crippen LogP contribution in [0, 0.1) is 10.1 Å². The molecule has 0 bridgehead atoms. The molecule has 7 heteroatoms. The van der Waals surface area contributed by atoms with Gasteiger partial charge in [0.25, 0.3) is 11.6 Å². The number of nitro groups is 1. The highest BCUT2D eigenvalue weighted by Gasteiger charge is 2.15. The van der Waals surface area contributed by atoms with Crippen LogP contribution in [0.5, 0.6) is 5.75 Å². The number of aromatic nitrogens is 2. The van der Waals surface area contributed by atoms with Crippen molar-refractivity contribution >= 4 is 17.7 Å². The molecule has 1 aromatic heterocycles. The second kappa shape index (κ2) is 6.00. The Morgan fingerprint density at radius 2 is 2.24 bits per heavy atom. The number of carbonyl (C=O) groups is 1. The number of methoxy groups -OCH3 is 1. The first-order valence-electron chi connectivity index (χ1n) is 6.06. The first kappa shape index (κ1) is 14.4. The minimum Gasteiger partial charge on any atom is -0.497 e. The average Bonchev–Trinajstić information content (AvgIpc) is 3.00. The normalized spacial score (nSPS) is 11.2. The average molecular weight is 287 g/mol. The highest BCUT2D eigenvalue weighted by Crippen LogP contribution is 2.26. The van der Waals surface area contributed by atoms with Crippen LogP contribution in [0.3, 0.4) is 0 Å². The molecular weight excluding hydrogens is 274 g/mol. The van der Waals surface area contributed by atoms with Gasteiger partial charge in [-0.05, 0) is 25.1 Å². The number of hydrogen-bond acceptors (Lipinski definition) is 5. The van der Waals surface area contributed by atoms with Crippen molar-refractivity contribution in [1.82, 2.24) is 9.55 Å². The van der Waals surface area contributed by atoms with E-state index >= 15 is 0 Å². The van der Waals surface area contributed by atoms with Crippen molar-refractivity contribution in [2.24, 2.45) is 0 Å². The molecule has 0 radical (unpaired) electrons. The zero-order chi connectivity index (χ0) is 15.4. The van der Waals surface area contributed by atoms with E-state index in [1.807, 2.05) is 0 Å². The molecule has 1 aromatic carbocycles. The van der Waals surface area contributed by atoms with Crippen molar-refractivity contribution < 1.29 is 14.5 Å². The first-order valence-corrected chi connectivity index (χ1v) is 6.06. The van der Waals surface area contributed by atoms with Crippen LogP contribution in [0.1, 0.15) is 17.3 Å². The number of hydrogen-bond donors (Lipinski definition) is 0. The fourth-order valence-electron chi connectivity index (χ4n) is 1.81. The molecule has 0 saturated heterocycles. The molecule has 0 atom stereocenters. The molecule has 0 aliphatic rings. The van der Waals surface area contributed by atoms with Gasteiger partial charge >= 0.3 is 0 Å². The number of benzene rings is 1. The van der Waals surface area contributed by atoms with Gasteiger partial charge in [-0.25, -0.2) is 4.98 Å². The molecule has 0 spiro atoms. The Morgan fingerprint density at radius 3 is 2.81 bits per heavy atom. The van der Waals surface area contributed by atoms with E-state index in [9.17, 15) is 14.9 Å². The lowest BCUT2D eigenvalue weighted by atomic mass is 10.1. The summed E-state index contributed by atoms with van der Waals surface area (Å²) in [5.74, 6) is 0.0926. The highest BCUT2D eigenvalue weighted by atomic mass is 16.6. The van der Waals surface area contributed by atoms with Gasteiger partial charge in [-0.15, -0.1) is 0 Å². The molecular formula is C14H13N3O4. The molecule has 0 amide bonds. The third-order valence-corrected chi connectivity index (χ3v) is 2.88. The molecule has 0 aliphatic heterocycles. The predicted octanol–water partition coefficient (Wildman–Crippen LogP) is 2.54. The number of imidazole rings is 1. The zero-order valence-electron chi connectivity index (χ0n) is 11.5. The third-order valence-electron chi connectivity index (χ3n) is 2.88. The van der Waals surface area contributed by atoms with Gasteiger partial charge in [0.2, 0.25) is 0 Å². The van der Waals surface area contributed by atoms with Crippen molar-refractivity contribution in [2.45, 2.75) is 6.92 Å². The van der Waals surface area contributed by atoms with E-state index in [2.05, 4.69) is 4.98 Å². The van der Waals surface area contributed by atoms with Gasteiger partial charge in [-0.2, -0.15) is 0 Å². The van der Waals surface area contributed by atoms with E-state index in [1.165, 1.54) is 42.5 Å². The Kier molecular flexibility index (Phi) is 4.13. The maximum Gasteiger partial charge on any atom is 0.280 e. The summed E-state index contributed by atoms with van der Waals surface area (Å²) in [5.41, 5.74) is 0.583. The molecule has 1 heterocycles. The number of ether oxygens (including phenoxy) is 1. The van der Waals surface area contributed by atoms with Crippen molar-refractivity contribution in [3.05, 3.63) is 58.2 Å². The van der Waals surface area contributed by atoms with E-state index in [1.54, 1.807) is 19.1 Å². The maximum absolute atomic E-state index is 12.1. The zero-order valence-corrected chi connectivity index (χ0v) is 11.5. The molecule has 108 valence electrons. The van der Waals surface area contributed by atoms with Crippen molar-refractivity contribution in [2.75, 3.05) is 7.11 Å². The summed E-state index contributed by atoms with van der Waals surface area (Å²) >= 11 is 0. The summed E-state index contributed by atoms with van der Waals surface area (Å²) in [6.07, 6.45) is 5.85. The van der Waals surface area contributed by atoms with Crippen LogP contribution in [-0.2, 0) is 0 Å². The van der Waals surface area contributed by atoms with E-state index in [0.717, 1.165) is 0 Å². The molecule has 0 fully saturated rings. The number of nitrogens with zero attached hydrogens (tertiary/aromatic N) is 3. The van der Waals surface area contributed by atoms with E-state index in [4.69, 9.17) is 4.74 Å². The Hall–Kier alpha value is -2.96. The largest absolute Gasteiger partial charge is 0.497 e. The standard InChI is InChI=1S/C14H13N3O4/c1-10(14(18)16-6-5-15-9-16)7-11-3-4-12(21-2)8-13(11)17(19)20/h3-9H,1-2H3. The van der Waals surface area contributed by atoms with Crippen molar-refractivity contribution in [1.29, 1.82) is 0 Å². The second-order valence-corrected chi connectivity index (χ2v) is 4.28. The summed E-state index contributed by atoms with van der Waals surface area (Å²) in [6.45, 7) is 1.59. The minimum atomic E-state index is -0.511. The van der Waals surface area contributed by atoms with E-state index < -0.39 is 4.92 Å². The van der Waals surface area contributed by atoms with Crippen LogP contribution < -0.4 is 4.74 Å². The van der Waals surface area contributed by atoms with Crippen molar-refractivity contribution in [3.63, 3.8) is 0 Å². The van der Waals surface area contributed by atoms with Crippen LogP contribution in [-0.4, -0.2) is 27.5 Å². The van der Waals surface area contributed by atoms with Gasteiger partial charge in [-0.3, -0.25) is 19.5 Å². The smallest absolute Gasteiger partial charge is 0.280 e. The Balaban J connectivity index is 2.40. The molecule has 0 N–H and O–H groups in total. The summed E-state index contributed by atoms with van der Waals surface area (Å²) < 4.78 is 6.27. The number of allylic oxidation sites excluding steroid dienone is 1. The quantitative estimate of drug-likeness (QED) is 0.490. The van der Waals surface area contributed by atoms with Crippen molar-refractivity contribution in [3.8, 4) is 5.75 Å². The lowest BCUT2D eigenvalue weighted by molar-refractivity contribution is -0.385. The van der Waals surface area contributed by atoms with Crippen LogP contribution in [0.25, 0.3) is 6.08 Å². The van der Waals surface area contributed by atoms with Crippen LogP contribution in [0.15, 0.2) is 42.5 Å². The van der Waals surface area contributed by atoms with Crippen LogP contribution >= 0.6 is 0 Å². The summed E-state index contributed by atoms with van der Waals surface area (Å²) in [6, 6.07) is 4.47. The number of carbonyl (C=O) groups excluding carboxylic acids is 1. The molecule has 7 nitrogen and oxygen atoms in total. The van der Waals surface area contributed by atoms with E-state index in [0.29, 0.717) is 16.9 Å². The fourth-order valence-corrected chi connectivity index (χ4v) is 1.81. The Labute approximate surface area is 120 Å². The number of nitro benzene ring substituents is 1. The lowest BCUT2D eigenvalue weighted by Gasteiger charge is -2.04. The molecule has 2 rings (SSSR count). The van der Waals surface area contributed by atoms with Gasteiger partial charge < -0.3 is 4.74 Å². The molecule has 0 aliphatic carbocycles. The third kappa shape index (κ3) is 3.14. The summed E-state index contributed by atoms with van der Waals surface area (Å²) in [5, 5.41) is 11.1. The number of rotatable bonds is 4. The SMILES string of the molecule is COc1ccc(C=C(C)C(=O)n2ccnc2)c([N+](=O)[O-])c1. The summed E-state index contributed by atoms with van der Waals surface area (Å²) in [7, 11) is 1.43. The topological polar surface area (TPSA) is 87.3 Å². The van der Waals surface area contributed by atoms with Gasteiger partial charge in [0, 0.05) is 18.0 Å². The molecule has 0 saturated carbocycles. The lowest BCUT2D eigenvalue weighted by Crippen LogP contribution is -2.09. The second-order valence-electron chi connectivity index (χ2n) is 4.28. The highest BCUT2D eigenvalue weighted by molar-refractivity contribution is 5.99. The van der Waals surface area contributed by atoms with Gasteiger partial charge in [0.1, 0.15) is 12.1 Å². The van der Waals surface area contributed by atoms with E-state index in [-0.39, 0.29) is 11.6 Å². The van der Waals surface area contributed by atoms with Gasteiger partial charge in [0.15, 0.2) is 0 Å². The van der Waals surface area contributed by atoms with Crippen LogP contribution in [0.2, 0.25) is 0 Å². The monoisotopic (exact) mass is 287 g/mol. The van der Waals surface area contributed by atoms with Gasteiger partial charge in [0.05, 0.1) is 23.7 Å². The Bertz CT molecular complexity index is 705. The molecule has 0 unspecified atom stereocenters. The predicted molar refractivity (Wildman–Crippen MR) is 76.2 cm³/mol. The van der Waals surface area contributed by atoms with Crippen LogP contribution in [0.4, 0.5) is 5.69 Å². The Morgan fingerprint density at radius 1 is 1.48 bits per heavy atom. The first-order chi connectivity index (χ1) is 10.0. The van der Waals surface area contributed by atoms with Gasteiger partial charge in [-0.1, -0.05) is 0 Å². The fraction of sp³-hybridized carbons (Fsp3) is 0.143. The summed E-state index contributed by atoms with van der Waals surface area (Å²) in [4.78, 5) is 26.4. The molecule has 21 heavy (non-hydrogen) atoms. The minimum absolute atomic E-state index is 0.118. The maximum atomic E-state index is 12.1. The molecule has 2 aromatic rings.